The second-order valence-corrected chi connectivity index (χ2v) is 8.92. The van der Waals surface area contributed by atoms with Crippen LogP contribution >= 0.6 is 0 Å². The monoisotopic (exact) mass is 417 g/mol. The van der Waals surface area contributed by atoms with Gasteiger partial charge in [-0.15, -0.1) is 0 Å². The van der Waals surface area contributed by atoms with Crippen LogP contribution in [-0.2, 0) is 11.8 Å². The van der Waals surface area contributed by atoms with Crippen LogP contribution in [-0.4, -0.2) is 71.6 Å². The van der Waals surface area contributed by atoms with Gasteiger partial charge in [0.2, 0.25) is 5.91 Å². The Labute approximate surface area is 184 Å². The number of likely N-dealkylation sites (N-methyl/N-ethyl adjacent to an activating group) is 1. The summed E-state index contributed by atoms with van der Waals surface area (Å²) >= 11 is 0. The lowest BCUT2D eigenvalue weighted by molar-refractivity contribution is -0.137. The van der Waals surface area contributed by atoms with Gasteiger partial charge in [-0.25, -0.2) is 4.98 Å². The van der Waals surface area contributed by atoms with Crippen molar-refractivity contribution in [2.75, 3.05) is 51.2 Å². The highest BCUT2D eigenvalue weighted by atomic mass is 16.2. The lowest BCUT2D eigenvalue weighted by Gasteiger charge is -2.38. The molecule has 2 aliphatic rings. The first-order valence-corrected chi connectivity index (χ1v) is 11.3. The van der Waals surface area contributed by atoms with Crippen molar-refractivity contribution in [1.29, 1.82) is 0 Å². The Morgan fingerprint density at radius 1 is 0.903 bits per heavy atom. The molecule has 1 aromatic heterocycles. The van der Waals surface area contributed by atoms with Gasteiger partial charge in [-0.05, 0) is 44.2 Å². The van der Waals surface area contributed by atoms with Crippen LogP contribution in [0.2, 0.25) is 0 Å². The number of nitrogens with zero attached hydrogens (tertiary/aromatic N) is 5. The molecule has 162 valence electrons. The Morgan fingerprint density at radius 3 is 2.39 bits per heavy atom. The fraction of sp³-hybridized carbons (Fsp3) is 0.440. The van der Waals surface area contributed by atoms with Gasteiger partial charge in [0.15, 0.2) is 0 Å². The van der Waals surface area contributed by atoms with Gasteiger partial charge in [0.25, 0.3) is 0 Å². The topological polar surface area (TPSA) is 44.6 Å². The summed E-state index contributed by atoms with van der Waals surface area (Å²) in [5, 5.41) is 0. The number of carbonyl (C=O) groups excluding carboxylic acids is 1. The molecule has 0 saturated carbocycles. The number of aryl methyl sites for hydroxylation is 1. The molecular weight excluding hydrogens is 386 g/mol. The minimum Gasteiger partial charge on any atom is -0.371 e. The van der Waals surface area contributed by atoms with E-state index in [0.29, 0.717) is 5.91 Å². The van der Waals surface area contributed by atoms with Crippen molar-refractivity contribution in [3.8, 4) is 11.4 Å². The largest absolute Gasteiger partial charge is 0.371 e. The van der Waals surface area contributed by atoms with Gasteiger partial charge in [0.1, 0.15) is 5.82 Å². The highest BCUT2D eigenvalue weighted by molar-refractivity contribution is 5.81. The second kappa shape index (κ2) is 8.35. The maximum atomic E-state index is 12.9. The van der Waals surface area contributed by atoms with Crippen LogP contribution in [0.15, 0.2) is 48.5 Å². The number of para-hydroxylation sites is 2. The van der Waals surface area contributed by atoms with E-state index in [2.05, 4.69) is 75.8 Å². The van der Waals surface area contributed by atoms with E-state index in [1.54, 1.807) is 0 Å². The standard InChI is InChI=1S/C25H31N5O/c1-27-14-16-30(17-15-27)25(31)19-10-12-29(13-11-19)21-7-5-6-20(18-21)24-26-22-8-3-4-9-23(22)28(24)2/h3-9,18-19H,10-17H2,1-2H3. The Kier molecular flexibility index (Phi) is 5.40. The molecule has 0 unspecified atom stereocenters. The predicted octanol–water partition coefficient (Wildman–Crippen LogP) is 3.23. The molecule has 0 N–H and O–H groups in total. The first kappa shape index (κ1) is 20.1. The Hall–Kier alpha value is -2.86. The number of hydrogen-bond donors (Lipinski definition) is 0. The Bertz CT molecular complexity index is 1070. The molecule has 0 atom stereocenters. The second-order valence-electron chi connectivity index (χ2n) is 8.92. The van der Waals surface area contributed by atoms with Gasteiger partial charge in [0, 0.05) is 63.5 Å². The number of piperazine rings is 1. The molecule has 0 aliphatic carbocycles. The van der Waals surface area contributed by atoms with Crippen LogP contribution in [0.3, 0.4) is 0 Å². The zero-order valence-electron chi connectivity index (χ0n) is 18.5. The minimum atomic E-state index is 0.169. The number of fused-ring (bicyclic) bond motifs is 1. The first-order chi connectivity index (χ1) is 15.1. The summed E-state index contributed by atoms with van der Waals surface area (Å²) in [6.45, 7) is 5.57. The minimum absolute atomic E-state index is 0.169. The lowest BCUT2D eigenvalue weighted by Crippen LogP contribution is -2.50. The van der Waals surface area contributed by atoms with Crippen molar-refractivity contribution in [3.05, 3.63) is 48.5 Å². The van der Waals surface area contributed by atoms with E-state index in [1.165, 1.54) is 5.69 Å². The fourth-order valence-electron chi connectivity index (χ4n) is 4.92. The zero-order chi connectivity index (χ0) is 21.4. The zero-order valence-corrected chi connectivity index (χ0v) is 18.5. The number of hydrogen-bond acceptors (Lipinski definition) is 4. The van der Waals surface area contributed by atoms with Crippen LogP contribution in [0.4, 0.5) is 5.69 Å². The number of aromatic nitrogens is 2. The summed E-state index contributed by atoms with van der Waals surface area (Å²) in [4.78, 5) is 24.6. The number of anilines is 1. The van der Waals surface area contributed by atoms with Crippen LogP contribution in [0.25, 0.3) is 22.4 Å². The van der Waals surface area contributed by atoms with Gasteiger partial charge in [-0.2, -0.15) is 0 Å². The molecule has 3 heterocycles. The van der Waals surface area contributed by atoms with Crippen LogP contribution in [0.5, 0.6) is 0 Å². The van der Waals surface area contributed by atoms with Crippen LogP contribution in [0.1, 0.15) is 12.8 Å². The Morgan fingerprint density at radius 2 is 1.65 bits per heavy atom. The third-order valence-corrected chi connectivity index (χ3v) is 6.92. The van der Waals surface area contributed by atoms with Crippen molar-refractivity contribution in [3.63, 3.8) is 0 Å². The third kappa shape index (κ3) is 3.92. The average molecular weight is 418 g/mol. The molecule has 2 saturated heterocycles. The van der Waals surface area contributed by atoms with Crippen molar-refractivity contribution < 1.29 is 4.79 Å². The van der Waals surface area contributed by atoms with E-state index in [-0.39, 0.29) is 5.92 Å². The summed E-state index contributed by atoms with van der Waals surface area (Å²) in [7, 11) is 4.20. The maximum absolute atomic E-state index is 12.9. The average Bonchev–Trinajstić information content (AvgIpc) is 3.16. The van der Waals surface area contributed by atoms with Crippen LogP contribution in [0, 0.1) is 5.92 Å². The van der Waals surface area contributed by atoms with E-state index >= 15 is 0 Å². The summed E-state index contributed by atoms with van der Waals surface area (Å²) in [5.74, 6) is 1.52. The molecular formula is C25H31N5O. The number of piperidine rings is 1. The van der Waals surface area contributed by atoms with E-state index in [1.807, 2.05) is 6.07 Å². The fourth-order valence-corrected chi connectivity index (χ4v) is 4.92. The van der Waals surface area contributed by atoms with Gasteiger partial charge in [-0.3, -0.25) is 4.79 Å². The number of imidazole rings is 1. The SMILES string of the molecule is CN1CCN(C(=O)C2CCN(c3cccc(-c4nc5ccccc5n4C)c3)CC2)CC1. The van der Waals surface area contributed by atoms with Crippen molar-refractivity contribution in [1.82, 2.24) is 19.4 Å². The van der Waals surface area contributed by atoms with E-state index in [0.717, 1.165) is 74.5 Å². The molecule has 3 aromatic rings. The van der Waals surface area contributed by atoms with Gasteiger partial charge in [0.05, 0.1) is 11.0 Å². The number of carbonyl (C=O) groups is 1. The molecule has 31 heavy (non-hydrogen) atoms. The molecule has 6 heteroatoms. The van der Waals surface area contributed by atoms with Gasteiger partial charge in [-0.1, -0.05) is 24.3 Å². The van der Waals surface area contributed by atoms with Gasteiger partial charge >= 0.3 is 0 Å². The Balaban J connectivity index is 1.28. The molecule has 2 aliphatic heterocycles. The summed E-state index contributed by atoms with van der Waals surface area (Å²) < 4.78 is 2.16. The number of amides is 1. The molecule has 6 nitrogen and oxygen atoms in total. The summed E-state index contributed by atoms with van der Waals surface area (Å²) in [6, 6.07) is 16.9. The quantitative estimate of drug-likeness (QED) is 0.656. The molecule has 2 fully saturated rings. The number of rotatable bonds is 3. The molecule has 2 aromatic carbocycles. The first-order valence-electron chi connectivity index (χ1n) is 11.3. The lowest BCUT2D eigenvalue weighted by atomic mass is 9.94. The van der Waals surface area contributed by atoms with E-state index in [4.69, 9.17) is 4.98 Å². The molecule has 5 rings (SSSR count). The number of benzene rings is 2. The summed E-state index contributed by atoms with van der Waals surface area (Å²) in [5.41, 5.74) is 4.52. The van der Waals surface area contributed by atoms with E-state index in [9.17, 15) is 4.79 Å². The predicted molar refractivity (Wildman–Crippen MR) is 125 cm³/mol. The smallest absolute Gasteiger partial charge is 0.225 e. The maximum Gasteiger partial charge on any atom is 0.225 e. The van der Waals surface area contributed by atoms with Crippen molar-refractivity contribution >= 4 is 22.6 Å². The molecule has 1 amide bonds. The highest BCUT2D eigenvalue weighted by Crippen LogP contribution is 2.30. The molecule has 0 spiro atoms. The normalized spacial score (nSPS) is 18.6. The van der Waals surface area contributed by atoms with Gasteiger partial charge < -0.3 is 19.3 Å². The van der Waals surface area contributed by atoms with Crippen LogP contribution < -0.4 is 4.90 Å². The van der Waals surface area contributed by atoms with E-state index < -0.39 is 0 Å². The third-order valence-electron chi connectivity index (χ3n) is 6.92. The molecule has 0 radical (unpaired) electrons. The van der Waals surface area contributed by atoms with Crippen molar-refractivity contribution in [2.24, 2.45) is 13.0 Å². The molecule has 0 bridgehead atoms. The highest BCUT2D eigenvalue weighted by Gasteiger charge is 2.30. The summed E-state index contributed by atoms with van der Waals surface area (Å²) in [6.07, 6.45) is 1.86. The van der Waals surface area contributed by atoms with Crippen molar-refractivity contribution in [2.45, 2.75) is 12.8 Å².